The molecule has 4 nitrogen and oxygen atoms in total. The molecule has 2 aromatic rings. The molecule has 1 atom stereocenters. The zero-order valence-corrected chi connectivity index (χ0v) is 11.3. The number of aliphatic hydroxyl groups is 1. The number of hydrogen-bond donors (Lipinski definition) is 1. The largest absolute Gasteiger partial charge is 0.493 e. The van der Waals surface area contributed by atoms with Crippen molar-refractivity contribution in [1.29, 1.82) is 0 Å². The molecule has 2 rings (SSSR count). The normalized spacial score (nSPS) is 12.4. The van der Waals surface area contributed by atoms with Crippen LogP contribution in [-0.2, 0) is 6.54 Å². The first-order chi connectivity index (χ1) is 9.56. The molecular weight excluding hydrogens is 266 g/mol. The third-order valence-corrected chi connectivity index (χ3v) is 2.96. The van der Waals surface area contributed by atoms with Crippen molar-refractivity contribution in [2.45, 2.75) is 26.0 Å². The molecule has 20 heavy (non-hydrogen) atoms. The Morgan fingerprint density at radius 1 is 1.30 bits per heavy atom. The summed E-state index contributed by atoms with van der Waals surface area (Å²) in [6.07, 6.45) is 1.08. The van der Waals surface area contributed by atoms with Gasteiger partial charge in [-0.05, 0) is 24.1 Å². The Balaban J connectivity index is 2.45. The topological polar surface area (TPSA) is 47.3 Å². The Bertz CT molecular complexity index is 579. The molecule has 0 aliphatic carbocycles. The molecule has 1 heterocycles. The van der Waals surface area contributed by atoms with Crippen LogP contribution < -0.4 is 4.74 Å². The molecule has 0 aliphatic heterocycles. The van der Waals surface area contributed by atoms with E-state index in [2.05, 4.69) is 5.10 Å². The van der Waals surface area contributed by atoms with Gasteiger partial charge >= 0.3 is 0 Å². The van der Waals surface area contributed by atoms with Gasteiger partial charge in [-0.3, -0.25) is 4.68 Å². The molecule has 0 amide bonds. The van der Waals surface area contributed by atoms with Gasteiger partial charge < -0.3 is 9.84 Å². The number of halogens is 2. The summed E-state index contributed by atoms with van der Waals surface area (Å²) in [7, 11) is 1.45. The van der Waals surface area contributed by atoms with Crippen LogP contribution in [0.1, 0.15) is 30.7 Å². The number of aromatic nitrogens is 2. The number of rotatable bonds is 5. The predicted octanol–water partition coefficient (Wildman–Crippen LogP) is 2.66. The second-order valence-corrected chi connectivity index (χ2v) is 4.43. The lowest BCUT2D eigenvalue weighted by atomic mass is 10.1. The van der Waals surface area contributed by atoms with Crippen molar-refractivity contribution in [3.63, 3.8) is 0 Å². The smallest absolute Gasteiger partial charge is 0.163 e. The van der Waals surface area contributed by atoms with Crippen LogP contribution in [0.25, 0.3) is 0 Å². The fourth-order valence-corrected chi connectivity index (χ4v) is 2.09. The molecule has 1 aromatic carbocycles. The maximum absolute atomic E-state index is 13.3. The number of methoxy groups -OCH3 is 1. The molecule has 6 heteroatoms. The molecule has 1 unspecified atom stereocenters. The molecule has 0 spiro atoms. The SMILES string of the molecule is CCCn1ncc(OC)c1C(O)c1cc(F)cc(F)c1. The van der Waals surface area contributed by atoms with E-state index >= 15 is 0 Å². The monoisotopic (exact) mass is 282 g/mol. The molecule has 108 valence electrons. The minimum absolute atomic E-state index is 0.124. The van der Waals surface area contributed by atoms with Gasteiger partial charge in [-0.25, -0.2) is 8.78 Å². The van der Waals surface area contributed by atoms with E-state index in [-0.39, 0.29) is 5.56 Å². The molecule has 0 fully saturated rings. The van der Waals surface area contributed by atoms with Crippen LogP contribution in [0.4, 0.5) is 8.78 Å². The molecular formula is C14H16F2N2O2. The summed E-state index contributed by atoms with van der Waals surface area (Å²) in [5.41, 5.74) is 0.512. The molecule has 0 saturated heterocycles. The van der Waals surface area contributed by atoms with Crippen LogP contribution in [0.3, 0.4) is 0 Å². The summed E-state index contributed by atoms with van der Waals surface area (Å²) in [6.45, 7) is 2.54. The molecule has 1 N–H and O–H groups in total. The number of aryl methyl sites for hydroxylation is 1. The van der Waals surface area contributed by atoms with Crippen molar-refractivity contribution < 1.29 is 18.6 Å². The molecule has 0 bridgehead atoms. The molecule has 0 radical (unpaired) electrons. The van der Waals surface area contributed by atoms with E-state index in [0.29, 0.717) is 18.0 Å². The number of hydrogen-bond acceptors (Lipinski definition) is 3. The van der Waals surface area contributed by atoms with Crippen molar-refractivity contribution in [3.05, 3.63) is 47.3 Å². The summed E-state index contributed by atoms with van der Waals surface area (Å²) in [6, 6.07) is 2.95. The van der Waals surface area contributed by atoms with Crippen LogP contribution in [0.15, 0.2) is 24.4 Å². The first-order valence-corrected chi connectivity index (χ1v) is 6.30. The minimum atomic E-state index is -1.20. The Morgan fingerprint density at radius 2 is 1.95 bits per heavy atom. The van der Waals surface area contributed by atoms with Gasteiger partial charge in [0, 0.05) is 12.6 Å². The third kappa shape index (κ3) is 2.80. The lowest BCUT2D eigenvalue weighted by Crippen LogP contribution is -2.11. The second-order valence-electron chi connectivity index (χ2n) is 4.43. The van der Waals surface area contributed by atoms with Gasteiger partial charge in [-0.15, -0.1) is 0 Å². The average Bonchev–Trinajstić information content (AvgIpc) is 2.80. The Labute approximate surface area is 115 Å². The summed E-state index contributed by atoms with van der Waals surface area (Å²) in [4.78, 5) is 0. The minimum Gasteiger partial charge on any atom is -0.493 e. The van der Waals surface area contributed by atoms with Crippen molar-refractivity contribution in [1.82, 2.24) is 9.78 Å². The van der Waals surface area contributed by atoms with Gasteiger partial charge in [0.05, 0.1) is 13.3 Å². The highest BCUT2D eigenvalue weighted by atomic mass is 19.1. The highest BCUT2D eigenvalue weighted by Gasteiger charge is 2.22. The average molecular weight is 282 g/mol. The van der Waals surface area contributed by atoms with Gasteiger partial charge in [0.1, 0.15) is 23.4 Å². The van der Waals surface area contributed by atoms with Gasteiger partial charge in [-0.2, -0.15) is 5.10 Å². The van der Waals surface area contributed by atoms with E-state index in [9.17, 15) is 13.9 Å². The van der Waals surface area contributed by atoms with E-state index in [1.165, 1.54) is 13.3 Å². The van der Waals surface area contributed by atoms with E-state index in [0.717, 1.165) is 24.6 Å². The van der Waals surface area contributed by atoms with Gasteiger partial charge in [0.15, 0.2) is 5.75 Å². The van der Waals surface area contributed by atoms with E-state index in [1.807, 2.05) is 6.92 Å². The third-order valence-electron chi connectivity index (χ3n) is 2.96. The first kappa shape index (κ1) is 14.5. The molecule has 1 aromatic heterocycles. The molecule has 0 saturated carbocycles. The van der Waals surface area contributed by atoms with Gasteiger partial charge in [0.2, 0.25) is 0 Å². The maximum atomic E-state index is 13.3. The Kier molecular flexibility index (Phi) is 4.34. The van der Waals surface area contributed by atoms with Crippen molar-refractivity contribution in [2.24, 2.45) is 0 Å². The summed E-state index contributed by atoms with van der Waals surface area (Å²) >= 11 is 0. The summed E-state index contributed by atoms with van der Waals surface area (Å²) in [5, 5.41) is 14.5. The van der Waals surface area contributed by atoms with E-state index in [1.54, 1.807) is 4.68 Å². The van der Waals surface area contributed by atoms with Crippen LogP contribution in [0.5, 0.6) is 5.75 Å². The number of benzene rings is 1. The molecule has 0 aliphatic rings. The Morgan fingerprint density at radius 3 is 2.50 bits per heavy atom. The zero-order chi connectivity index (χ0) is 14.7. The van der Waals surface area contributed by atoms with Gasteiger partial charge in [0.25, 0.3) is 0 Å². The van der Waals surface area contributed by atoms with Crippen LogP contribution >= 0.6 is 0 Å². The number of nitrogens with zero attached hydrogens (tertiary/aromatic N) is 2. The fourth-order valence-electron chi connectivity index (χ4n) is 2.09. The second kappa shape index (κ2) is 6.00. The summed E-state index contributed by atoms with van der Waals surface area (Å²) < 4.78 is 33.2. The maximum Gasteiger partial charge on any atom is 0.163 e. The van der Waals surface area contributed by atoms with Crippen molar-refractivity contribution in [2.75, 3.05) is 7.11 Å². The predicted molar refractivity (Wildman–Crippen MR) is 69.5 cm³/mol. The first-order valence-electron chi connectivity index (χ1n) is 6.30. The lowest BCUT2D eigenvalue weighted by Gasteiger charge is -2.15. The summed E-state index contributed by atoms with van der Waals surface area (Å²) in [5.74, 6) is -1.09. The van der Waals surface area contributed by atoms with E-state index in [4.69, 9.17) is 4.74 Å². The quantitative estimate of drug-likeness (QED) is 0.917. The zero-order valence-electron chi connectivity index (χ0n) is 11.3. The fraction of sp³-hybridized carbons (Fsp3) is 0.357. The highest BCUT2D eigenvalue weighted by molar-refractivity contribution is 5.35. The number of aliphatic hydroxyl groups excluding tert-OH is 1. The van der Waals surface area contributed by atoms with Crippen molar-refractivity contribution in [3.8, 4) is 5.75 Å². The standard InChI is InChI=1S/C14H16F2N2O2/c1-3-4-18-13(12(20-2)8-17-18)14(19)9-5-10(15)7-11(16)6-9/h5-8,14,19H,3-4H2,1-2H3. The number of ether oxygens (including phenoxy) is 1. The van der Waals surface area contributed by atoms with Crippen molar-refractivity contribution >= 4 is 0 Å². The van der Waals surface area contributed by atoms with Gasteiger partial charge in [-0.1, -0.05) is 6.92 Å². The van der Waals surface area contributed by atoms with E-state index < -0.39 is 17.7 Å². The lowest BCUT2D eigenvalue weighted by molar-refractivity contribution is 0.201. The van der Waals surface area contributed by atoms with Crippen LogP contribution in [0, 0.1) is 11.6 Å². The van der Waals surface area contributed by atoms with Crippen LogP contribution in [-0.4, -0.2) is 22.0 Å². The Hall–Kier alpha value is -1.95. The highest BCUT2D eigenvalue weighted by Crippen LogP contribution is 2.30. The van der Waals surface area contributed by atoms with Crippen LogP contribution in [0.2, 0.25) is 0 Å².